The first-order valence-corrected chi connectivity index (χ1v) is 19.3. The van der Waals surface area contributed by atoms with Crippen molar-refractivity contribution in [3.05, 3.63) is 59.8 Å². The number of aromatic nitrogens is 2. The van der Waals surface area contributed by atoms with Crippen LogP contribution in [0.3, 0.4) is 0 Å². The molecule has 1 aliphatic heterocycles. The number of hydrogen-bond acceptors (Lipinski definition) is 8. The summed E-state index contributed by atoms with van der Waals surface area (Å²) < 4.78 is 1.93. The van der Waals surface area contributed by atoms with Gasteiger partial charge in [0, 0.05) is 38.3 Å². The van der Waals surface area contributed by atoms with Crippen LogP contribution >= 0.6 is 0 Å². The summed E-state index contributed by atoms with van der Waals surface area (Å²) in [6.07, 6.45) is 12.4. The summed E-state index contributed by atoms with van der Waals surface area (Å²) in [5.74, 6) is -1.20. The van der Waals surface area contributed by atoms with E-state index in [4.69, 9.17) is 0 Å². The Morgan fingerprint density at radius 1 is 0.907 bits per heavy atom. The quantitative estimate of drug-likeness (QED) is 0.0846. The average molecular weight is 750 g/mol. The fourth-order valence-electron chi connectivity index (χ4n) is 6.65. The molecule has 5 amide bonds. The van der Waals surface area contributed by atoms with Crippen molar-refractivity contribution in [1.29, 1.82) is 0 Å². The van der Waals surface area contributed by atoms with Crippen LogP contribution in [0.4, 0.5) is 0 Å². The molecule has 0 saturated carbocycles. The van der Waals surface area contributed by atoms with Gasteiger partial charge < -0.3 is 35.8 Å². The summed E-state index contributed by atoms with van der Waals surface area (Å²) in [4.78, 5) is 83.0. The van der Waals surface area contributed by atoms with Crippen LogP contribution in [0.15, 0.2) is 48.6 Å². The number of aliphatic hydroxyl groups is 1. The van der Waals surface area contributed by atoms with E-state index in [0.717, 1.165) is 44.9 Å². The molecule has 0 bridgehead atoms. The molecule has 0 spiro atoms. The highest BCUT2D eigenvalue weighted by Crippen LogP contribution is 2.19. The molecule has 54 heavy (non-hydrogen) atoms. The lowest BCUT2D eigenvalue weighted by Crippen LogP contribution is -2.59. The average Bonchev–Trinajstić information content (AvgIpc) is 3.83. The molecule has 1 fully saturated rings. The third-order valence-electron chi connectivity index (χ3n) is 9.67. The molecule has 1 aromatic carbocycles. The van der Waals surface area contributed by atoms with E-state index < -0.39 is 54.4 Å². The van der Waals surface area contributed by atoms with Crippen LogP contribution in [0, 0.1) is 5.92 Å². The molecule has 2 heterocycles. The second kappa shape index (κ2) is 23.1. The van der Waals surface area contributed by atoms with E-state index in [2.05, 4.69) is 50.5 Å². The minimum Gasteiger partial charge on any atom is -0.394 e. The predicted octanol–water partition coefficient (Wildman–Crippen LogP) is 2.75. The molecule has 296 valence electrons. The molecule has 2 aromatic rings. The zero-order valence-corrected chi connectivity index (χ0v) is 32.3. The summed E-state index contributed by atoms with van der Waals surface area (Å²) in [6, 6.07) is 6.12. The number of allylic oxidation sites excluding steroid dienone is 1. The summed E-state index contributed by atoms with van der Waals surface area (Å²) in [6.45, 7) is 7.21. The van der Waals surface area contributed by atoms with Gasteiger partial charge in [0.2, 0.25) is 29.5 Å². The monoisotopic (exact) mass is 749 g/mol. The Balaban J connectivity index is 1.70. The van der Waals surface area contributed by atoms with Crippen molar-refractivity contribution in [3.8, 4) is 0 Å². The van der Waals surface area contributed by atoms with Gasteiger partial charge in [0.15, 0.2) is 0 Å². The van der Waals surface area contributed by atoms with Gasteiger partial charge in [-0.25, -0.2) is 9.78 Å². The Labute approximate surface area is 318 Å². The number of aliphatic hydroxyl groups excluding tert-OH is 1. The molecule has 0 aliphatic carbocycles. The maximum atomic E-state index is 13.9. The molecule has 0 unspecified atom stereocenters. The van der Waals surface area contributed by atoms with Crippen molar-refractivity contribution >= 4 is 35.5 Å². The van der Waals surface area contributed by atoms with Gasteiger partial charge in [-0.3, -0.25) is 24.0 Å². The minimum atomic E-state index is -1.42. The molecule has 3 rings (SSSR count). The van der Waals surface area contributed by atoms with Gasteiger partial charge in [0.1, 0.15) is 35.8 Å². The van der Waals surface area contributed by atoms with Crippen LogP contribution in [0.5, 0.6) is 0 Å². The summed E-state index contributed by atoms with van der Waals surface area (Å²) in [5, 5.41) is 20.5. The Morgan fingerprint density at radius 3 is 2.22 bits per heavy atom. The SMILES string of the molecule is CCC(=C=O)NC(=O)[C@H](CO)NC(=O)[C@H](Cc1cncn1CCCCCCCCc1ccccc1)NC(=O)[C@H](CC(C)C)NC(=O)[C@@H]1CCCN1C(C)=O. The normalized spacial score (nSPS) is 15.5. The molecule has 1 saturated heterocycles. The van der Waals surface area contributed by atoms with Gasteiger partial charge in [-0.15, -0.1) is 0 Å². The molecule has 1 aliphatic rings. The second-order valence-corrected chi connectivity index (χ2v) is 14.4. The van der Waals surface area contributed by atoms with E-state index in [9.17, 15) is 33.9 Å². The van der Waals surface area contributed by atoms with Gasteiger partial charge in [-0.2, -0.15) is 0 Å². The van der Waals surface area contributed by atoms with Crippen LogP contribution in [0.2, 0.25) is 0 Å². The molecule has 14 heteroatoms. The van der Waals surface area contributed by atoms with Crippen LogP contribution in [-0.4, -0.2) is 92.4 Å². The highest BCUT2D eigenvalue weighted by Gasteiger charge is 2.36. The maximum Gasteiger partial charge on any atom is 0.249 e. The van der Waals surface area contributed by atoms with Gasteiger partial charge in [-0.1, -0.05) is 76.8 Å². The van der Waals surface area contributed by atoms with Crippen molar-refractivity contribution in [2.45, 2.75) is 135 Å². The number of hydrogen-bond donors (Lipinski definition) is 5. The fourth-order valence-corrected chi connectivity index (χ4v) is 6.65. The Hall–Kier alpha value is -4.81. The largest absolute Gasteiger partial charge is 0.394 e. The van der Waals surface area contributed by atoms with Gasteiger partial charge in [0.25, 0.3) is 0 Å². The Kier molecular flexibility index (Phi) is 18.6. The third kappa shape index (κ3) is 14.2. The number of imidazole rings is 1. The highest BCUT2D eigenvalue weighted by atomic mass is 16.3. The number of unbranched alkanes of at least 4 members (excludes halogenated alkanes) is 5. The van der Waals surface area contributed by atoms with Crippen LogP contribution in [0.25, 0.3) is 0 Å². The number of rotatable bonds is 23. The summed E-state index contributed by atoms with van der Waals surface area (Å²) in [5.41, 5.74) is 1.99. The zero-order chi connectivity index (χ0) is 39.5. The van der Waals surface area contributed by atoms with Gasteiger partial charge >= 0.3 is 0 Å². The lowest BCUT2D eigenvalue weighted by molar-refractivity contribution is -0.138. The second-order valence-electron chi connectivity index (χ2n) is 14.4. The van der Waals surface area contributed by atoms with Crippen molar-refractivity contribution in [3.63, 3.8) is 0 Å². The topological polar surface area (TPSA) is 192 Å². The molecular formula is C40H59N7O7. The highest BCUT2D eigenvalue weighted by molar-refractivity contribution is 5.96. The number of nitrogens with one attached hydrogen (secondary N) is 4. The minimum absolute atomic E-state index is 0.00721. The lowest BCUT2D eigenvalue weighted by Gasteiger charge is -2.28. The van der Waals surface area contributed by atoms with E-state index >= 15 is 0 Å². The van der Waals surface area contributed by atoms with Crippen molar-refractivity contribution in [2.24, 2.45) is 5.92 Å². The van der Waals surface area contributed by atoms with Crippen molar-refractivity contribution in [1.82, 2.24) is 35.7 Å². The molecule has 14 nitrogen and oxygen atoms in total. The van der Waals surface area contributed by atoms with Gasteiger partial charge in [0.05, 0.1) is 12.9 Å². The molecular weight excluding hydrogens is 690 g/mol. The first kappa shape index (κ1) is 43.6. The summed E-state index contributed by atoms with van der Waals surface area (Å²) >= 11 is 0. The molecule has 4 atom stereocenters. The van der Waals surface area contributed by atoms with Crippen LogP contribution in [0.1, 0.15) is 103 Å². The fraction of sp³-hybridized carbons (Fsp3) is 0.600. The first-order valence-electron chi connectivity index (χ1n) is 19.3. The number of amides is 5. The predicted molar refractivity (Wildman–Crippen MR) is 204 cm³/mol. The van der Waals surface area contributed by atoms with Crippen LogP contribution < -0.4 is 21.3 Å². The standard InChI is InChI=1S/C40H59N7O7/c1-5-31(25-48)42-39(53)35(26-49)45-38(52)34(43-37(51)33(22-28(2)3)44-40(54)36-19-15-21-47(36)29(4)50)23-32-24-41-27-46(32)20-14-9-7-6-8-11-16-30-17-12-10-13-18-30/h10,12-13,17-18,24,27-28,33-36,49H,5-9,11,14-16,19-23,26H2,1-4H3,(H,42,53)(H,43,51)(H,44,54)(H,45,52)/t33-,34-,35-,36-/m0/s1. The van der Waals surface area contributed by atoms with E-state index in [0.29, 0.717) is 31.6 Å². The van der Waals surface area contributed by atoms with E-state index in [1.165, 1.54) is 17.4 Å². The number of carbonyl (C=O) groups excluding carboxylic acids is 6. The number of nitrogens with zero attached hydrogens (tertiary/aromatic N) is 3. The lowest BCUT2D eigenvalue weighted by atomic mass is 10.0. The molecule has 5 N–H and O–H groups in total. The van der Waals surface area contributed by atoms with Gasteiger partial charge in [-0.05, 0) is 56.4 Å². The van der Waals surface area contributed by atoms with E-state index in [-0.39, 0.29) is 36.8 Å². The van der Waals surface area contributed by atoms with Crippen molar-refractivity contribution < 1.29 is 33.9 Å². The van der Waals surface area contributed by atoms with Crippen molar-refractivity contribution in [2.75, 3.05) is 13.2 Å². The number of carbonyl (C=O) groups is 5. The van der Waals surface area contributed by atoms with Crippen LogP contribution in [-0.2, 0) is 48.2 Å². The third-order valence-corrected chi connectivity index (χ3v) is 9.67. The number of likely N-dealkylation sites (tertiary alicyclic amines) is 1. The Bertz CT molecular complexity index is 1570. The first-order chi connectivity index (χ1) is 26.0. The number of benzene rings is 1. The molecule has 1 aromatic heterocycles. The van der Waals surface area contributed by atoms with E-state index in [1.807, 2.05) is 24.5 Å². The smallest absolute Gasteiger partial charge is 0.249 e. The maximum absolute atomic E-state index is 13.9. The number of aryl methyl sites for hydroxylation is 2. The Morgan fingerprint density at radius 2 is 1.57 bits per heavy atom. The molecule has 0 radical (unpaired) electrons. The van der Waals surface area contributed by atoms with E-state index in [1.54, 1.807) is 25.4 Å². The zero-order valence-electron chi connectivity index (χ0n) is 32.3. The summed E-state index contributed by atoms with van der Waals surface area (Å²) in [7, 11) is 0.